The van der Waals surface area contributed by atoms with Crippen LogP contribution in [0.4, 0.5) is 11.6 Å². The van der Waals surface area contributed by atoms with E-state index in [1.54, 1.807) is 11.2 Å². The molecule has 1 N–H and O–H groups in total. The number of amides is 1. The third kappa shape index (κ3) is 3.61. The van der Waals surface area contributed by atoms with Gasteiger partial charge in [0.25, 0.3) is 0 Å². The van der Waals surface area contributed by atoms with Crippen molar-refractivity contribution >= 4 is 17.5 Å². The van der Waals surface area contributed by atoms with Crippen molar-refractivity contribution in [3.05, 3.63) is 12.4 Å². The van der Waals surface area contributed by atoms with Crippen molar-refractivity contribution in [1.29, 1.82) is 0 Å². The predicted octanol–water partition coefficient (Wildman–Crippen LogP) is 0.896. The molecule has 2 fully saturated rings. The lowest BCUT2D eigenvalue weighted by atomic mass is 10.1. The Morgan fingerprint density at radius 1 is 1.25 bits per heavy atom. The number of likely N-dealkylation sites (N-methyl/N-ethyl adjacent to an activating group) is 1. The first-order valence-electron chi connectivity index (χ1n) is 8.75. The van der Waals surface area contributed by atoms with Crippen LogP contribution >= 0.6 is 0 Å². The number of anilines is 2. The summed E-state index contributed by atoms with van der Waals surface area (Å²) in [6, 6.07) is 2.92. The molecule has 0 radical (unpaired) electrons. The van der Waals surface area contributed by atoms with Crippen molar-refractivity contribution in [2.45, 2.75) is 32.9 Å². The molecule has 2 atom stereocenters. The van der Waals surface area contributed by atoms with Crippen molar-refractivity contribution in [3.8, 4) is 0 Å². The van der Waals surface area contributed by atoms with Gasteiger partial charge in [0.05, 0.1) is 6.54 Å². The predicted molar refractivity (Wildman–Crippen MR) is 95.2 cm³/mol. The van der Waals surface area contributed by atoms with Crippen molar-refractivity contribution in [3.63, 3.8) is 0 Å². The van der Waals surface area contributed by atoms with Crippen LogP contribution in [0.2, 0.25) is 0 Å². The molecule has 0 saturated carbocycles. The second kappa shape index (κ2) is 6.93. The maximum atomic E-state index is 11.9. The van der Waals surface area contributed by atoms with Crippen LogP contribution in [0.25, 0.3) is 0 Å². The Morgan fingerprint density at radius 3 is 2.71 bits per heavy atom. The number of hydrogen-bond donors (Lipinski definition) is 1. The largest absolute Gasteiger partial charge is 0.366 e. The van der Waals surface area contributed by atoms with Crippen LogP contribution in [-0.4, -0.2) is 77.5 Å². The molecule has 7 heteroatoms. The van der Waals surface area contributed by atoms with E-state index in [-0.39, 0.29) is 5.91 Å². The zero-order valence-corrected chi connectivity index (χ0v) is 15.1. The van der Waals surface area contributed by atoms with E-state index in [0.717, 1.165) is 37.8 Å². The summed E-state index contributed by atoms with van der Waals surface area (Å²) in [6.07, 6.45) is 1.58. The Labute approximate surface area is 144 Å². The van der Waals surface area contributed by atoms with Crippen LogP contribution in [0, 0.1) is 5.92 Å². The van der Waals surface area contributed by atoms with Crippen LogP contribution in [-0.2, 0) is 4.79 Å². The zero-order chi connectivity index (χ0) is 17.3. The van der Waals surface area contributed by atoms with Gasteiger partial charge in [0.2, 0.25) is 5.91 Å². The van der Waals surface area contributed by atoms with E-state index >= 15 is 0 Å². The van der Waals surface area contributed by atoms with Crippen LogP contribution in [0.5, 0.6) is 0 Å². The summed E-state index contributed by atoms with van der Waals surface area (Å²) in [6.45, 7) is 10.8. The summed E-state index contributed by atoms with van der Waals surface area (Å²) in [5.74, 6) is 2.37. The molecule has 1 amide bonds. The number of carbonyl (C=O) groups excluding carboxylic acids is 1. The SMILES string of the molecule is CC1CN(C(C)C)CC1Nc1cc(N2CCN(C)C(=O)C2)ncn1. The lowest BCUT2D eigenvalue weighted by molar-refractivity contribution is -0.129. The number of hydrogen-bond acceptors (Lipinski definition) is 6. The number of carbonyl (C=O) groups is 1. The molecule has 0 aliphatic carbocycles. The maximum absolute atomic E-state index is 11.9. The molecule has 1 aromatic rings. The normalized spacial score (nSPS) is 25.6. The van der Waals surface area contributed by atoms with Gasteiger partial charge in [0.1, 0.15) is 18.0 Å². The summed E-state index contributed by atoms with van der Waals surface area (Å²) < 4.78 is 0. The monoisotopic (exact) mass is 332 g/mol. The highest BCUT2D eigenvalue weighted by molar-refractivity contribution is 5.82. The summed E-state index contributed by atoms with van der Waals surface area (Å²) in [5.41, 5.74) is 0. The molecule has 2 saturated heterocycles. The fraction of sp³-hybridized carbons (Fsp3) is 0.706. The van der Waals surface area contributed by atoms with Gasteiger partial charge < -0.3 is 15.1 Å². The molecular weight excluding hydrogens is 304 g/mol. The summed E-state index contributed by atoms with van der Waals surface area (Å²) in [4.78, 5) is 26.9. The van der Waals surface area contributed by atoms with E-state index < -0.39 is 0 Å². The zero-order valence-electron chi connectivity index (χ0n) is 15.1. The summed E-state index contributed by atoms with van der Waals surface area (Å²) in [5, 5.41) is 3.56. The van der Waals surface area contributed by atoms with Crippen LogP contribution < -0.4 is 10.2 Å². The molecule has 132 valence electrons. The Hall–Kier alpha value is -1.89. The molecule has 3 heterocycles. The van der Waals surface area contributed by atoms with Crippen molar-refractivity contribution < 1.29 is 4.79 Å². The van der Waals surface area contributed by atoms with E-state index in [9.17, 15) is 4.79 Å². The number of rotatable bonds is 4. The van der Waals surface area contributed by atoms with Crippen molar-refractivity contribution in [1.82, 2.24) is 19.8 Å². The van der Waals surface area contributed by atoms with Gasteiger partial charge in [-0.05, 0) is 19.8 Å². The first-order valence-corrected chi connectivity index (χ1v) is 8.75. The molecule has 2 unspecified atom stereocenters. The van der Waals surface area contributed by atoms with Gasteiger partial charge in [0, 0.05) is 51.4 Å². The van der Waals surface area contributed by atoms with Crippen molar-refractivity contribution in [2.75, 3.05) is 50.0 Å². The summed E-state index contributed by atoms with van der Waals surface area (Å²) >= 11 is 0. The Balaban J connectivity index is 1.67. The molecular formula is C17H28N6O. The Morgan fingerprint density at radius 2 is 2.04 bits per heavy atom. The van der Waals surface area contributed by atoms with E-state index in [1.807, 2.05) is 18.0 Å². The molecule has 3 rings (SSSR count). The van der Waals surface area contributed by atoms with Gasteiger partial charge in [-0.25, -0.2) is 9.97 Å². The molecule has 0 spiro atoms. The average molecular weight is 332 g/mol. The van der Waals surface area contributed by atoms with E-state index in [4.69, 9.17) is 0 Å². The minimum atomic E-state index is 0.131. The highest BCUT2D eigenvalue weighted by atomic mass is 16.2. The first-order chi connectivity index (χ1) is 11.4. The molecule has 7 nitrogen and oxygen atoms in total. The topological polar surface area (TPSA) is 64.6 Å². The second-order valence-electron chi connectivity index (χ2n) is 7.27. The molecule has 1 aromatic heterocycles. The van der Waals surface area contributed by atoms with E-state index in [2.05, 4.69) is 41.0 Å². The Kier molecular flexibility index (Phi) is 4.89. The third-order valence-corrected chi connectivity index (χ3v) is 5.14. The number of aromatic nitrogens is 2. The average Bonchev–Trinajstić information content (AvgIpc) is 2.91. The molecule has 24 heavy (non-hydrogen) atoms. The third-order valence-electron chi connectivity index (χ3n) is 5.14. The fourth-order valence-electron chi connectivity index (χ4n) is 3.36. The molecule has 0 aromatic carbocycles. The minimum absolute atomic E-state index is 0.131. The first kappa shape index (κ1) is 17.0. The number of piperazine rings is 1. The Bertz CT molecular complexity index is 592. The number of likely N-dealkylation sites (tertiary alicyclic amines) is 1. The lowest BCUT2D eigenvalue weighted by Gasteiger charge is -2.32. The highest BCUT2D eigenvalue weighted by Crippen LogP contribution is 2.23. The van der Waals surface area contributed by atoms with Crippen LogP contribution in [0.1, 0.15) is 20.8 Å². The van der Waals surface area contributed by atoms with Crippen molar-refractivity contribution in [2.24, 2.45) is 5.92 Å². The van der Waals surface area contributed by atoms with Crippen LogP contribution in [0.15, 0.2) is 12.4 Å². The smallest absolute Gasteiger partial charge is 0.241 e. The standard InChI is InChI=1S/C17H28N6O/c1-12(2)23-8-13(3)14(9-23)20-15-7-16(19-11-18-15)22-6-5-21(4)17(24)10-22/h7,11-14H,5-6,8-10H2,1-4H3,(H,18,19,20). The van der Waals surface area contributed by atoms with Gasteiger partial charge in [-0.1, -0.05) is 6.92 Å². The quantitative estimate of drug-likeness (QED) is 0.884. The van der Waals surface area contributed by atoms with Gasteiger partial charge >= 0.3 is 0 Å². The lowest BCUT2D eigenvalue weighted by Crippen LogP contribution is -2.48. The van der Waals surface area contributed by atoms with Gasteiger partial charge in [-0.2, -0.15) is 0 Å². The van der Waals surface area contributed by atoms with E-state index in [0.29, 0.717) is 24.5 Å². The molecule has 0 bridgehead atoms. The van der Waals surface area contributed by atoms with Gasteiger partial charge in [-0.15, -0.1) is 0 Å². The fourth-order valence-corrected chi connectivity index (χ4v) is 3.36. The highest BCUT2D eigenvalue weighted by Gasteiger charge is 2.31. The van der Waals surface area contributed by atoms with Gasteiger partial charge in [-0.3, -0.25) is 9.69 Å². The second-order valence-corrected chi connectivity index (χ2v) is 7.27. The van der Waals surface area contributed by atoms with E-state index in [1.165, 1.54) is 0 Å². The number of nitrogens with one attached hydrogen (secondary N) is 1. The summed E-state index contributed by atoms with van der Waals surface area (Å²) in [7, 11) is 1.84. The number of nitrogens with zero attached hydrogens (tertiary/aromatic N) is 5. The molecule has 2 aliphatic heterocycles. The van der Waals surface area contributed by atoms with Crippen LogP contribution in [0.3, 0.4) is 0 Å². The maximum Gasteiger partial charge on any atom is 0.241 e. The van der Waals surface area contributed by atoms with Gasteiger partial charge in [0.15, 0.2) is 0 Å². The minimum Gasteiger partial charge on any atom is -0.366 e. The molecule has 2 aliphatic rings.